The van der Waals surface area contributed by atoms with E-state index >= 15 is 0 Å². The number of rotatable bonds is 20. The van der Waals surface area contributed by atoms with E-state index in [-0.39, 0.29) is 77.1 Å². The first kappa shape index (κ1) is 94.5. The lowest BCUT2D eigenvalue weighted by Gasteiger charge is -2.56. The summed E-state index contributed by atoms with van der Waals surface area (Å²) >= 11 is 5.96. The molecule has 4 saturated carbocycles. The molecular formula is C106H110N20O6S4. The van der Waals surface area contributed by atoms with Crippen LogP contribution in [0.2, 0.25) is 0 Å². The average molecular weight is 1890 g/mol. The van der Waals surface area contributed by atoms with Gasteiger partial charge in [0.15, 0.2) is 4.34 Å². The number of fused-ring (bicyclic) bond motifs is 1. The number of hydrazone groups is 6. The van der Waals surface area contributed by atoms with Crippen LogP contribution in [0.15, 0.2) is 336 Å². The number of carbonyl (C=O) groups excluding carboxylic acids is 6. The van der Waals surface area contributed by atoms with E-state index in [9.17, 15) is 28.8 Å². The first-order valence-electron chi connectivity index (χ1n) is 46.5. The maximum Gasteiger partial charge on any atom is 0.342 e. The molecule has 1 N–H and O–H groups in total. The summed E-state index contributed by atoms with van der Waals surface area (Å²) in [6, 6.07) is 95.7. The van der Waals surface area contributed by atoms with Crippen molar-refractivity contribution >= 4 is 135 Å². The third-order valence-electron chi connectivity index (χ3n) is 25.7. The molecule has 11 aliphatic rings. The van der Waals surface area contributed by atoms with Crippen molar-refractivity contribution in [2.45, 2.75) is 135 Å². The normalized spacial score (nSPS) is 21.9. The third-order valence-corrected chi connectivity index (χ3v) is 29.8. The molecule has 0 spiro atoms. The van der Waals surface area contributed by atoms with Gasteiger partial charge in [-0.3, -0.25) is 28.9 Å². The zero-order valence-electron chi connectivity index (χ0n) is 76.1. The standard InChI is InChI=1S/C20H24N2O.C18H16N6OS.C18H15N3OS2.C18H18N2OS.C16H22N4O.C16H15N3O/c23-19(20-11-14-8-15(12-20)10-16(9-14)13-20)22-18(6-7-21-22)17-4-2-1-3-5-17;25-17(24-16(11-12-19-24)14-7-3-1-4-8-14)13-26-18-20-21-22-23(18)15-9-5-2-6-10-15;22-17(12-23-18-20-14-8-4-5-9-16(14)24-18)21-15(10-11-19-21)13-6-2-1-3-7-13;1-14-7-9-16(10-8-14)22-13-18(21)20-17(11-12-19-20)15-5-3-2-4-6-15;1-18-9-11-19(12-10-18)13-16(21)20-15(7-8-17-20)14-5-3-2-4-6-14;20-16(18-14-9-5-2-6-10-14)19-15(11-12-17-19)13-7-3-1-4-8-13/h1-5,7,14-16,18H,6,8-13H2;1-10,12,16H,11,13H2;1-9,11,15H,10,12H2;2-10,12,17H,11,13H2,1H3;2-6,8,15H,7,9-13H2,1H3;1-10,12,15H,11H2,(H,18,20). The summed E-state index contributed by atoms with van der Waals surface area (Å²) in [5.74, 6) is 3.78. The molecule has 7 aliphatic heterocycles. The number of benzene rings is 10. The third kappa shape index (κ3) is 24.2. The molecular weight excluding hydrogens is 1780 g/mol. The van der Waals surface area contributed by atoms with Crippen LogP contribution in [0.4, 0.5) is 10.5 Å². The summed E-state index contributed by atoms with van der Waals surface area (Å²) in [4.78, 5) is 86.2. The van der Waals surface area contributed by atoms with E-state index in [1.54, 1.807) is 60.2 Å². The predicted molar refractivity (Wildman–Crippen MR) is 542 cm³/mol. The number of piperazine rings is 1. The molecule has 6 unspecified atom stereocenters. The van der Waals surface area contributed by atoms with E-state index < -0.39 is 0 Å². The summed E-state index contributed by atoms with van der Waals surface area (Å²) in [5.41, 5.74) is 10.5. The predicted octanol–water partition coefficient (Wildman–Crippen LogP) is 20.1. The van der Waals surface area contributed by atoms with Crippen LogP contribution in [-0.4, -0.2) is 195 Å². The Morgan fingerprint density at radius 1 is 0.390 bits per heavy atom. The van der Waals surface area contributed by atoms with E-state index in [0.717, 1.165) is 160 Å². The maximum atomic E-state index is 13.5. The van der Waals surface area contributed by atoms with Crippen molar-refractivity contribution in [2.75, 3.05) is 62.3 Å². The van der Waals surface area contributed by atoms with Crippen molar-refractivity contribution in [3.63, 3.8) is 0 Å². The van der Waals surface area contributed by atoms with Gasteiger partial charge < -0.3 is 10.2 Å². The van der Waals surface area contributed by atoms with Crippen LogP contribution in [0.3, 0.4) is 0 Å². The SMILES string of the molecule is CN1CCN(CC(=O)N2N=CCC2c2ccccc2)CC1.Cc1ccc(SCC(=O)N2N=CCC2c2ccccc2)cc1.O=C(CSc1nc2ccccc2s1)N1N=CCC1c1ccccc1.O=C(CSc1nnnn1-c1ccccc1)N1N=CCC1c1ccccc1.O=C(N1N=CCC1c1ccccc1)C12CC3CC(CC(C3)C1)C2.O=C(Nc1ccccc1)N1N=CCC1c1ccccc1. The lowest BCUT2D eigenvalue weighted by molar-refractivity contribution is -0.159. The number of thiazole rings is 1. The molecule has 4 aliphatic carbocycles. The molecule has 1 saturated heterocycles. The van der Waals surface area contributed by atoms with Crippen molar-refractivity contribution in [1.29, 1.82) is 0 Å². The Kier molecular flexibility index (Phi) is 32.2. The van der Waals surface area contributed by atoms with E-state index in [2.05, 4.69) is 147 Å². The van der Waals surface area contributed by atoms with Crippen LogP contribution in [0.25, 0.3) is 15.9 Å². The van der Waals surface area contributed by atoms with Crippen molar-refractivity contribution in [3.8, 4) is 5.69 Å². The molecule has 694 valence electrons. The number of para-hydroxylation sites is 3. The zero-order chi connectivity index (χ0) is 93.4. The number of thioether (sulfide) groups is 3. The lowest BCUT2D eigenvalue weighted by atomic mass is 9.49. The molecule has 0 radical (unpaired) electrons. The van der Waals surface area contributed by atoms with Gasteiger partial charge in [0, 0.05) is 113 Å². The fraction of sp³-hybridized carbons (Fsp3) is 0.302. The Hall–Kier alpha value is -13.2. The minimum Gasteiger partial charge on any atom is -0.306 e. The smallest absolute Gasteiger partial charge is 0.306 e. The number of likely N-dealkylation sites (N-methyl/N-ethyl adjacent to an activating group) is 1. The Labute approximate surface area is 810 Å². The van der Waals surface area contributed by atoms with Gasteiger partial charge in [0.05, 0.1) is 81.4 Å². The number of amides is 7. The van der Waals surface area contributed by atoms with Crippen molar-refractivity contribution in [3.05, 3.63) is 330 Å². The molecule has 4 bridgehead atoms. The Bertz CT molecular complexity index is 6100. The second-order valence-electron chi connectivity index (χ2n) is 35.1. The summed E-state index contributed by atoms with van der Waals surface area (Å²) < 4.78 is 3.69. The molecule has 7 amide bonds. The lowest BCUT2D eigenvalue weighted by Crippen LogP contribution is -2.53. The molecule has 136 heavy (non-hydrogen) atoms. The number of nitrogens with zero attached hydrogens (tertiary/aromatic N) is 19. The summed E-state index contributed by atoms with van der Waals surface area (Å²) in [6.45, 7) is 6.49. The molecule has 9 heterocycles. The fourth-order valence-corrected chi connectivity index (χ4v) is 22.7. The number of hydrogen-bond donors (Lipinski definition) is 1. The largest absolute Gasteiger partial charge is 0.342 e. The highest BCUT2D eigenvalue weighted by Gasteiger charge is 2.57. The van der Waals surface area contributed by atoms with Crippen LogP contribution < -0.4 is 5.32 Å². The van der Waals surface area contributed by atoms with Gasteiger partial charge in [-0.15, -0.1) is 28.2 Å². The number of anilines is 1. The van der Waals surface area contributed by atoms with Crippen molar-refractivity contribution in [2.24, 2.45) is 53.8 Å². The van der Waals surface area contributed by atoms with Crippen LogP contribution in [0, 0.1) is 30.1 Å². The van der Waals surface area contributed by atoms with Crippen LogP contribution in [0.5, 0.6) is 0 Å². The van der Waals surface area contributed by atoms with Crippen LogP contribution >= 0.6 is 46.6 Å². The van der Waals surface area contributed by atoms with Crippen molar-refractivity contribution in [1.82, 2.24) is 65.0 Å². The van der Waals surface area contributed by atoms with Gasteiger partial charge in [-0.25, -0.2) is 39.8 Å². The minimum atomic E-state index is -0.209. The summed E-state index contributed by atoms with van der Waals surface area (Å²) in [7, 11) is 2.12. The van der Waals surface area contributed by atoms with E-state index in [0.29, 0.717) is 29.1 Å². The van der Waals surface area contributed by atoms with Gasteiger partial charge in [0.2, 0.25) is 11.1 Å². The highest BCUT2D eigenvalue weighted by molar-refractivity contribution is 8.01. The highest BCUT2D eigenvalue weighted by Crippen LogP contribution is 2.61. The number of nitrogens with one attached hydrogen (secondary N) is 1. The number of aromatic nitrogens is 5. The van der Waals surface area contributed by atoms with Crippen LogP contribution in [-0.2, 0) is 24.0 Å². The molecule has 2 aromatic heterocycles. The number of urea groups is 1. The highest BCUT2D eigenvalue weighted by atomic mass is 32.2. The zero-order valence-corrected chi connectivity index (χ0v) is 79.4. The van der Waals surface area contributed by atoms with E-state index in [4.69, 9.17) is 0 Å². The van der Waals surface area contributed by atoms with Gasteiger partial charge in [-0.2, -0.15) is 35.3 Å². The molecule has 30 heteroatoms. The maximum absolute atomic E-state index is 13.5. The topological polar surface area (TPSA) is 271 Å². The quantitative estimate of drug-likeness (QED) is 0.0695. The second-order valence-corrected chi connectivity index (χ2v) is 39.4. The molecule has 26 nitrogen and oxygen atoms in total. The van der Waals surface area contributed by atoms with Gasteiger partial charge in [-0.1, -0.05) is 272 Å². The Morgan fingerprint density at radius 3 is 1.18 bits per heavy atom. The van der Waals surface area contributed by atoms with Gasteiger partial charge in [0.1, 0.15) is 0 Å². The number of hydrogen-bond acceptors (Lipinski definition) is 22. The van der Waals surface area contributed by atoms with Crippen LogP contribution in [0.1, 0.15) is 152 Å². The Morgan fingerprint density at radius 2 is 0.750 bits per heavy atom. The molecule has 6 atom stereocenters. The molecule has 23 rings (SSSR count). The van der Waals surface area contributed by atoms with Gasteiger partial charge >= 0.3 is 6.03 Å². The van der Waals surface area contributed by atoms with Gasteiger partial charge in [-0.05, 0) is 163 Å². The number of carbonyl (C=O) groups is 6. The molecule has 10 aromatic carbocycles. The van der Waals surface area contributed by atoms with Crippen molar-refractivity contribution < 1.29 is 28.8 Å². The molecule has 5 fully saturated rings. The minimum absolute atomic E-state index is 0.00895. The van der Waals surface area contributed by atoms with E-state index in [1.807, 2.05) is 254 Å². The van der Waals surface area contributed by atoms with E-state index in [1.165, 1.54) is 58.9 Å². The average Bonchev–Trinajstić information content (AvgIpc) is 0.873. The first-order chi connectivity index (χ1) is 66.7. The second kappa shape index (κ2) is 46.3. The molecule has 12 aromatic rings. The summed E-state index contributed by atoms with van der Waals surface area (Å²) in [6.07, 6.45) is 23.1. The first-order valence-corrected chi connectivity index (χ1v) is 50.2. The number of aryl methyl sites for hydroxylation is 1. The number of tetrazole rings is 1. The van der Waals surface area contributed by atoms with Gasteiger partial charge in [0.25, 0.3) is 23.6 Å². The monoisotopic (exact) mass is 1890 g/mol. The summed E-state index contributed by atoms with van der Waals surface area (Å²) in [5, 5.41) is 50.8. The Balaban J connectivity index is 0.000000113. The fourth-order valence-electron chi connectivity index (χ4n) is 19.3.